The van der Waals surface area contributed by atoms with Crippen molar-refractivity contribution in [1.82, 2.24) is 5.43 Å². The van der Waals surface area contributed by atoms with Crippen LogP contribution < -0.4 is 5.43 Å². The van der Waals surface area contributed by atoms with Crippen LogP contribution in [-0.2, 0) is 4.79 Å². The zero-order chi connectivity index (χ0) is 10.6. The molecule has 0 saturated carbocycles. The summed E-state index contributed by atoms with van der Waals surface area (Å²) in [6, 6.07) is 4.56. The number of carbonyl (C=O) groups is 1. The van der Waals surface area contributed by atoms with Crippen molar-refractivity contribution >= 4 is 23.7 Å². The molecular weight excluding hydrogens is 204 g/mol. The number of nitrogens with one attached hydrogen (secondary N) is 1. The Bertz CT molecular complexity index is 377. The highest BCUT2D eigenvalue weighted by molar-refractivity contribution is 6.30. The van der Waals surface area contributed by atoms with Gasteiger partial charge in [0.2, 0.25) is 5.91 Å². The Labute approximate surface area is 86.2 Å². The molecule has 0 atom stereocenters. The Morgan fingerprint density at radius 1 is 1.64 bits per heavy atom. The van der Waals surface area contributed by atoms with Gasteiger partial charge in [0.1, 0.15) is 5.75 Å². The van der Waals surface area contributed by atoms with E-state index in [2.05, 4.69) is 10.5 Å². The van der Waals surface area contributed by atoms with Gasteiger partial charge in [0.25, 0.3) is 0 Å². The van der Waals surface area contributed by atoms with Crippen LogP contribution in [0.1, 0.15) is 12.5 Å². The fourth-order valence-corrected chi connectivity index (χ4v) is 1.00. The fourth-order valence-electron chi connectivity index (χ4n) is 0.821. The highest BCUT2D eigenvalue weighted by Crippen LogP contribution is 2.19. The molecule has 1 rings (SSSR count). The lowest BCUT2D eigenvalue weighted by atomic mass is 10.2. The molecule has 0 spiro atoms. The molecule has 0 aliphatic rings. The van der Waals surface area contributed by atoms with Crippen molar-refractivity contribution in [3.8, 4) is 5.75 Å². The van der Waals surface area contributed by atoms with Gasteiger partial charge in [-0.2, -0.15) is 5.10 Å². The van der Waals surface area contributed by atoms with E-state index in [1.165, 1.54) is 19.2 Å². The number of nitrogens with zero attached hydrogens (tertiary/aromatic N) is 1. The molecule has 4 nitrogen and oxygen atoms in total. The van der Waals surface area contributed by atoms with Crippen LogP contribution in [0.25, 0.3) is 0 Å². The first-order valence-corrected chi connectivity index (χ1v) is 4.25. The van der Waals surface area contributed by atoms with E-state index in [0.717, 1.165) is 0 Å². The van der Waals surface area contributed by atoms with Crippen molar-refractivity contribution < 1.29 is 9.90 Å². The van der Waals surface area contributed by atoms with Crippen molar-refractivity contribution in [3.05, 3.63) is 28.8 Å². The lowest BCUT2D eigenvalue weighted by Crippen LogP contribution is -2.12. The van der Waals surface area contributed by atoms with Gasteiger partial charge in [0.05, 0.1) is 6.21 Å². The molecule has 0 unspecified atom stereocenters. The minimum atomic E-state index is -0.275. The summed E-state index contributed by atoms with van der Waals surface area (Å²) in [5.41, 5.74) is 2.67. The van der Waals surface area contributed by atoms with Crippen molar-refractivity contribution in [3.63, 3.8) is 0 Å². The van der Waals surface area contributed by atoms with Crippen LogP contribution in [0.4, 0.5) is 0 Å². The third kappa shape index (κ3) is 3.06. The average Bonchev–Trinajstić information content (AvgIpc) is 2.10. The molecule has 0 bridgehead atoms. The van der Waals surface area contributed by atoms with Crippen molar-refractivity contribution in [1.29, 1.82) is 0 Å². The van der Waals surface area contributed by atoms with Gasteiger partial charge in [-0.3, -0.25) is 4.79 Å². The Balaban J connectivity index is 2.80. The number of phenolic OH excluding ortho intramolecular Hbond substituents is 1. The molecule has 14 heavy (non-hydrogen) atoms. The van der Waals surface area contributed by atoms with E-state index in [0.29, 0.717) is 10.6 Å². The number of hydrogen-bond acceptors (Lipinski definition) is 3. The summed E-state index contributed by atoms with van der Waals surface area (Å²) in [7, 11) is 0. The lowest BCUT2D eigenvalue weighted by molar-refractivity contribution is -0.118. The van der Waals surface area contributed by atoms with Crippen LogP contribution in [-0.4, -0.2) is 17.2 Å². The van der Waals surface area contributed by atoms with Gasteiger partial charge in [0, 0.05) is 17.5 Å². The summed E-state index contributed by atoms with van der Waals surface area (Å²) in [5, 5.41) is 13.4. The summed E-state index contributed by atoms with van der Waals surface area (Å²) in [6.07, 6.45) is 1.32. The molecule has 1 aromatic carbocycles. The van der Waals surface area contributed by atoms with Gasteiger partial charge in [-0.25, -0.2) is 5.43 Å². The topological polar surface area (TPSA) is 61.7 Å². The first-order chi connectivity index (χ1) is 6.59. The first kappa shape index (κ1) is 10.5. The number of amides is 1. The molecule has 74 valence electrons. The Morgan fingerprint density at radius 2 is 2.36 bits per heavy atom. The largest absolute Gasteiger partial charge is 0.507 e. The smallest absolute Gasteiger partial charge is 0.236 e. The second-order valence-electron chi connectivity index (χ2n) is 2.63. The molecule has 5 heteroatoms. The van der Waals surface area contributed by atoms with Gasteiger partial charge in [-0.1, -0.05) is 11.6 Å². The second-order valence-corrected chi connectivity index (χ2v) is 3.07. The van der Waals surface area contributed by atoms with E-state index >= 15 is 0 Å². The van der Waals surface area contributed by atoms with Crippen LogP contribution in [0.2, 0.25) is 5.02 Å². The zero-order valence-corrected chi connectivity index (χ0v) is 8.25. The highest BCUT2D eigenvalue weighted by atomic mass is 35.5. The molecule has 0 fully saturated rings. The summed E-state index contributed by atoms with van der Waals surface area (Å²) in [5.74, 6) is -0.216. The molecule has 0 aromatic heterocycles. The quantitative estimate of drug-likeness (QED) is 0.577. The Morgan fingerprint density at radius 3 is 3.00 bits per heavy atom. The normalized spacial score (nSPS) is 10.4. The van der Waals surface area contributed by atoms with Gasteiger partial charge in [-0.15, -0.1) is 0 Å². The summed E-state index contributed by atoms with van der Waals surface area (Å²) in [6.45, 7) is 1.34. The molecule has 0 radical (unpaired) electrons. The van der Waals surface area contributed by atoms with Crippen LogP contribution in [0.5, 0.6) is 5.75 Å². The summed E-state index contributed by atoms with van der Waals surface area (Å²) >= 11 is 5.70. The van der Waals surface area contributed by atoms with E-state index in [1.807, 2.05) is 0 Å². The molecule has 0 aliphatic heterocycles. The fraction of sp³-hybridized carbons (Fsp3) is 0.111. The monoisotopic (exact) mass is 212 g/mol. The highest BCUT2D eigenvalue weighted by Gasteiger charge is 1.98. The van der Waals surface area contributed by atoms with E-state index in [1.54, 1.807) is 12.1 Å². The lowest BCUT2D eigenvalue weighted by Gasteiger charge is -1.98. The van der Waals surface area contributed by atoms with E-state index < -0.39 is 0 Å². The maximum absolute atomic E-state index is 10.5. The third-order valence-electron chi connectivity index (χ3n) is 1.42. The summed E-state index contributed by atoms with van der Waals surface area (Å²) in [4.78, 5) is 10.5. The van der Waals surface area contributed by atoms with E-state index in [-0.39, 0.29) is 11.7 Å². The number of carbonyl (C=O) groups excluding carboxylic acids is 1. The van der Waals surface area contributed by atoms with Gasteiger partial charge < -0.3 is 5.11 Å². The molecule has 1 amide bonds. The number of rotatable bonds is 2. The van der Waals surface area contributed by atoms with Crippen molar-refractivity contribution in [2.24, 2.45) is 5.10 Å². The van der Waals surface area contributed by atoms with Crippen LogP contribution in [0, 0.1) is 0 Å². The van der Waals surface area contributed by atoms with Gasteiger partial charge >= 0.3 is 0 Å². The van der Waals surface area contributed by atoms with Crippen molar-refractivity contribution in [2.45, 2.75) is 6.92 Å². The number of aromatic hydroxyl groups is 1. The standard InChI is InChI=1S/C9H9ClN2O2/c1-6(13)12-11-5-7-4-8(10)2-3-9(7)14/h2-5,14H,1H3,(H,12,13)/b11-5+. The molecular formula is C9H9ClN2O2. The summed E-state index contributed by atoms with van der Waals surface area (Å²) < 4.78 is 0. The van der Waals surface area contributed by atoms with Crippen molar-refractivity contribution in [2.75, 3.05) is 0 Å². The number of hydrogen-bond donors (Lipinski definition) is 2. The van der Waals surface area contributed by atoms with E-state index in [4.69, 9.17) is 11.6 Å². The molecule has 2 N–H and O–H groups in total. The minimum absolute atomic E-state index is 0.0588. The Hall–Kier alpha value is -1.55. The number of benzene rings is 1. The SMILES string of the molecule is CC(=O)N/N=C/c1cc(Cl)ccc1O. The number of phenols is 1. The maximum Gasteiger partial charge on any atom is 0.236 e. The predicted molar refractivity (Wildman–Crippen MR) is 54.5 cm³/mol. The van der Waals surface area contributed by atoms with Crippen LogP contribution in [0.15, 0.2) is 23.3 Å². The minimum Gasteiger partial charge on any atom is -0.507 e. The average molecular weight is 213 g/mol. The molecule has 1 aromatic rings. The first-order valence-electron chi connectivity index (χ1n) is 3.88. The second kappa shape index (κ2) is 4.62. The van der Waals surface area contributed by atoms with Crippen LogP contribution in [0.3, 0.4) is 0 Å². The maximum atomic E-state index is 10.5. The zero-order valence-electron chi connectivity index (χ0n) is 7.49. The molecule has 0 saturated heterocycles. The van der Waals surface area contributed by atoms with Crippen LogP contribution >= 0.6 is 11.6 Å². The Kier molecular flexibility index (Phi) is 3.48. The molecule has 0 aliphatic carbocycles. The van der Waals surface area contributed by atoms with Gasteiger partial charge in [0.15, 0.2) is 0 Å². The van der Waals surface area contributed by atoms with Gasteiger partial charge in [-0.05, 0) is 18.2 Å². The van der Waals surface area contributed by atoms with E-state index in [9.17, 15) is 9.90 Å². The molecule has 0 heterocycles. The number of hydrazone groups is 1. The predicted octanol–water partition coefficient (Wildman–Crippen LogP) is 1.52. The third-order valence-corrected chi connectivity index (χ3v) is 1.65. The number of halogens is 1.